The maximum atomic E-state index is 13.5. The van der Waals surface area contributed by atoms with Crippen LogP contribution in [-0.2, 0) is 9.84 Å². The summed E-state index contributed by atoms with van der Waals surface area (Å²) in [5, 5.41) is 3.14. The van der Waals surface area contributed by atoms with Gasteiger partial charge in [-0.1, -0.05) is 24.3 Å². The van der Waals surface area contributed by atoms with Crippen molar-refractivity contribution in [3.63, 3.8) is 0 Å². The van der Waals surface area contributed by atoms with Gasteiger partial charge in [-0.25, -0.2) is 12.8 Å². The summed E-state index contributed by atoms with van der Waals surface area (Å²) in [5.74, 6) is -0.299. The summed E-state index contributed by atoms with van der Waals surface area (Å²) in [6, 6.07) is 11.4. The van der Waals surface area contributed by atoms with Gasteiger partial charge in [0.1, 0.15) is 5.82 Å². The van der Waals surface area contributed by atoms with E-state index in [-0.39, 0.29) is 17.6 Å². The fraction of sp³-hybridized carbons (Fsp3) is 0.200. The Morgan fingerprint density at radius 1 is 1.15 bits per heavy atom. The monoisotopic (exact) mass is 291 g/mol. The quantitative estimate of drug-likeness (QED) is 0.925. The number of rotatable bonds is 2. The van der Waals surface area contributed by atoms with Crippen LogP contribution in [-0.4, -0.2) is 14.2 Å². The predicted molar refractivity (Wildman–Crippen MR) is 76.0 cm³/mol. The Kier molecular flexibility index (Phi) is 3.01. The molecule has 0 fully saturated rings. The predicted octanol–water partition coefficient (Wildman–Crippen LogP) is 3.07. The van der Waals surface area contributed by atoms with E-state index in [9.17, 15) is 12.8 Å². The maximum absolute atomic E-state index is 13.5. The molecular formula is C15H14FNO2S. The molecule has 2 aromatic carbocycles. The minimum atomic E-state index is -3.25. The number of hydrogen-bond donors (Lipinski definition) is 1. The van der Waals surface area contributed by atoms with Crippen molar-refractivity contribution in [3.05, 3.63) is 59.4 Å². The number of halogens is 1. The first-order chi connectivity index (χ1) is 9.49. The fourth-order valence-corrected chi connectivity index (χ4v) is 4.26. The van der Waals surface area contributed by atoms with E-state index in [0.29, 0.717) is 16.1 Å². The fourth-order valence-electron chi connectivity index (χ4n) is 2.52. The van der Waals surface area contributed by atoms with Crippen LogP contribution in [0.15, 0.2) is 47.4 Å². The lowest BCUT2D eigenvalue weighted by Gasteiger charge is -2.16. The Labute approximate surface area is 117 Å². The van der Waals surface area contributed by atoms with Crippen LogP contribution < -0.4 is 5.32 Å². The van der Waals surface area contributed by atoms with Crippen LogP contribution in [0.2, 0.25) is 0 Å². The van der Waals surface area contributed by atoms with Crippen LogP contribution in [0.3, 0.4) is 0 Å². The van der Waals surface area contributed by atoms with E-state index < -0.39 is 9.84 Å². The molecule has 1 N–H and O–H groups in total. The van der Waals surface area contributed by atoms with Crippen molar-refractivity contribution in [2.45, 2.75) is 17.9 Å². The van der Waals surface area contributed by atoms with Crippen LogP contribution in [0.4, 0.5) is 10.1 Å². The molecule has 0 aliphatic carbocycles. The zero-order chi connectivity index (χ0) is 14.3. The summed E-state index contributed by atoms with van der Waals surface area (Å²) in [4.78, 5) is 0.367. The molecule has 0 bridgehead atoms. The smallest absolute Gasteiger partial charge is 0.181 e. The van der Waals surface area contributed by atoms with E-state index in [1.54, 1.807) is 37.3 Å². The first-order valence-electron chi connectivity index (χ1n) is 6.32. The molecule has 1 aliphatic rings. The molecule has 1 aliphatic heterocycles. The van der Waals surface area contributed by atoms with Gasteiger partial charge < -0.3 is 5.32 Å². The molecule has 1 unspecified atom stereocenters. The van der Waals surface area contributed by atoms with Gasteiger partial charge in [0.15, 0.2) is 9.84 Å². The normalized spacial score (nSPS) is 19.6. The van der Waals surface area contributed by atoms with Crippen LogP contribution in [0.1, 0.15) is 17.2 Å². The lowest BCUT2D eigenvalue weighted by molar-refractivity contribution is 0.598. The zero-order valence-electron chi connectivity index (χ0n) is 10.9. The second-order valence-corrected chi connectivity index (χ2v) is 6.93. The van der Waals surface area contributed by atoms with Crippen molar-refractivity contribution in [1.29, 1.82) is 0 Å². The summed E-state index contributed by atoms with van der Waals surface area (Å²) in [6.45, 7) is 1.67. The molecule has 20 heavy (non-hydrogen) atoms. The van der Waals surface area contributed by atoms with Crippen molar-refractivity contribution in [1.82, 2.24) is 0 Å². The van der Waals surface area contributed by atoms with Gasteiger partial charge in [0.05, 0.1) is 16.7 Å². The summed E-state index contributed by atoms with van der Waals surface area (Å²) in [5.41, 5.74) is 1.87. The van der Waals surface area contributed by atoms with Crippen LogP contribution in [0.5, 0.6) is 0 Å². The molecule has 1 heterocycles. The topological polar surface area (TPSA) is 46.2 Å². The van der Waals surface area contributed by atoms with Gasteiger partial charge in [-0.15, -0.1) is 0 Å². The highest BCUT2D eigenvalue weighted by Gasteiger charge is 2.34. The number of fused-ring (bicyclic) bond motifs is 1. The van der Waals surface area contributed by atoms with Gasteiger partial charge in [0.2, 0.25) is 0 Å². The highest BCUT2D eigenvalue weighted by atomic mass is 32.2. The molecule has 3 rings (SSSR count). The molecule has 104 valence electrons. The number of sulfone groups is 1. The third-order valence-corrected chi connectivity index (χ3v) is 5.43. The first kappa shape index (κ1) is 13.1. The molecule has 0 amide bonds. The zero-order valence-corrected chi connectivity index (χ0v) is 11.7. The second kappa shape index (κ2) is 4.59. The van der Waals surface area contributed by atoms with E-state index in [1.807, 2.05) is 6.07 Å². The summed E-state index contributed by atoms with van der Waals surface area (Å²) in [7, 11) is -3.25. The lowest BCUT2D eigenvalue weighted by atomic mass is 10.1. The third-order valence-electron chi connectivity index (χ3n) is 3.61. The molecule has 0 spiro atoms. The second-order valence-electron chi connectivity index (χ2n) is 4.93. The van der Waals surface area contributed by atoms with Crippen molar-refractivity contribution in [2.75, 3.05) is 11.1 Å². The minimum Gasteiger partial charge on any atom is -0.377 e. The van der Waals surface area contributed by atoms with E-state index >= 15 is 0 Å². The molecule has 5 heteroatoms. The average Bonchev–Trinajstić information content (AvgIpc) is 2.67. The van der Waals surface area contributed by atoms with Gasteiger partial charge in [-0.05, 0) is 30.7 Å². The van der Waals surface area contributed by atoms with Crippen molar-refractivity contribution in [2.24, 2.45) is 0 Å². The van der Waals surface area contributed by atoms with Gasteiger partial charge >= 0.3 is 0 Å². The van der Waals surface area contributed by atoms with E-state index in [0.717, 1.165) is 5.56 Å². The molecule has 3 nitrogen and oxygen atoms in total. The van der Waals surface area contributed by atoms with E-state index in [4.69, 9.17) is 0 Å². The lowest BCUT2D eigenvalue weighted by Crippen LogP contribution is -2.13. The molecule has 0 radical (unpaired) electrons. The molecular weight excluding hydrogens is 277 g/mol. The van der Waals surface area contributed by atoms with E-state index in [1.165, 1.54) is 6.07 Å². The van der Waals surface area contributed by atoms with Crippen molar-refractivity contribution >= 4 is 15.5 Å². The SMILES string of the molecule is Cc1c(F)cccc1NC1CS(=O)(=O)c2ccccc21. The molecule has 2 aromatic rings. The van der Waals surface area contributed by atoms with Crippen LogP contribution in [0, 0.1) is 12.7 Å². The Hall–Kier alpha value is -1.88. The standard InChI is InChI=1S/C15H14FNO2S/c1-10-12(16)6-4-7-13(10)17-14-9-20(18,19)15-8-3-2-5-11(14)15/h2-8,14,17H,9H2,1H3. The highest BCUT2D eigenvalue weighted by Crippen LogP contribution is 2.36. The Morgan fingerprint density at radius 3 is 2.70 bits per heavy atom. The number of anilines is 1. The van der Waals surface area contributed by atoms with Crippen molar-refractivity contribution in [3.8, 4) is 0 Å². The molecule has 1 atom stereocenters. The van der Waals surface area contributed by atoms with Gasteiger partial charge in [-0.2, -0.15) is 0 Å². The summed E-state index contributed by atoms with van der Waals surface area (Å²) in [6.07, 6.45) is 0. The average molecular weight is 291 g/mol. The minimum absolute atomic E-state index is 0.00228. The third kappa shape index (κ3) is 2.08. The number of benzene rings is 2. The number of nitrogens with one attached hydrogen (secondary N) is 1. The van der Waals surface area contributed by atoms with Crippen LogP contribution >= 0.6 is 0 Å². The highest BCUT2D eigenvalue weighted by molar-refractivity contribution is 7.91. The summed E-state index contributed by atoms with van der Waals surface area (Å²) < 4.78 is 37.7. The molecule has 0 saturated heterocycles. The Morgan fingerprint density at radius 2 is 1.90 bits per heavy atom. The summed E-state index contributed by atoms with van der Waals surface area (Å²) >= 11 is 0. The maximum Gasteiger partial charge on any atom is 0.181 e. The first-order valence-corrected chi connectivity index (χ1v) is 7.97. The Balaban J connectivity index is 2.00. The van der Waals surface area contributed by atoms with Gasteiger partial charge in [0, 0.05) is 11.3 Å². The Bertz CT molecular complexity index is 771. The van der Waals surface area contributed by atoms with E-state index in [2.05, 4.69) is 5.32 Å². The molecule has 0 saturated carbocycles. The van der Waals surface area contributed by atoms with Crippen LogP contribution in [0.25, 0.3) is 0 Å². The van der Waals surface area contributed by atoms with Gasteiger partial charge in [-0.3, -0.25) is 0 Å². The largest absolute Gasteiger partial charge is 0.377 e. The number of hydrogen-bond acceptors (Lipinski definition) is 3. The van der Waals surface area contributed by atoms with Crippen molar-refractivity contribution < 1.29 is 12.8 Å². The van der Waals surface area contributed by atoms with Gasteiger partial charge in [0.25, 0.3) is 0 Å². The molecule has 0 aromatic heterocycles.